The smallest absolute Gasteiger partial charge is 0.306 e. The third-order valence-electron chi connectivity index (χ3n) is 4.03. The molecule has 0 fully saturated rings. The minimum absolute atomic E-state index is 0.323. The molecule has 130 valence electrons. The average Bonchev–Trinajstić information content (AvgIpc) is 2.68. The van der Waals surface area contributed by atoms with E-state index < -0.39 is 6.03 Å². The largest absolute Gasteiger partial charge is 0.345 e. The Morgan fingerprint density at radius 3 is 2.08 bits per heavy atom. The van der Waals surface area contributed by atoms with Crippen LogP contribution in [0.5, 0.6) is 0 Å². The van der Waals surface area contributed by atoms with Crippen molar-refractivity contribution in [2.45, 2.75) is 13.3 Å². The standard InChI is InChI=1S/C22H19FN2O/c1-2-16-3-7-18(8-4-16)19-9-13-21(14-10-19)25-22(26)24-15-17-5-11-20(23)12-6-17/h3-15H,2H2,1H3,(H,25,26). The minimum Gasteiger partial charge on any atom is -0.306 e. The molecule has 0 radical (unpaired) electrons. The average molecular weight is 346 g/mol. The summed E-state index contributed by atoms with van der Waals surface area (Å²) >= 11 is 0. The lowest BCUT2D eigenvalue weighted by Crippen LogP contribution is -2.06. The number of carbonyl (C=O) groups is 1. The molecule has 0 aliphatic heterocycles. The maximum Gasteiger partial charge on any atom is 0.345 e. The Labute approximate surface area is 152 Å². The van der Waals surface area contributed by atoms with Crippen LogP contribution in [0.15, 0.2) is 77.8 Å². The lowest BCUT2D eigenvalue weighted by Gasteiger charge is -2.06. The van der Waals surface area contributed by atoms with Gasteiger partial charge < -0.3 is 5.32 Å². The van der Waals surface area contributed by atoms with E-state index in [-0.39, 0.29) is 5.82 Å². The Balaban J connectivity index is 1.62. The number of amides is 2. The van der Waals surface area contributed by atoms with E-state index in [1.165, 1.54) is 23.9 Å². The molecule has 3 aromatic carbocycles. The summed E-state index contributed by atoms with van der Waals surface area (Å²) < 4.78 is 12.8. The highest BCUT2D eigenvalue weighted by atomic mass is 19.1. The van der Waals surface area contributed by atoms with Crippen molar-refractivity contribution in [2.75, 3.05) is 5.32 Å². The van der Waals surface area contributed by atoms with Gasteiger partial charge in [-0.1, -0.05) is 55.5 Å². The van der Waals surface area contributed by atoms with Gasteiger partial charge in [-0.15, -0.1) is 0 Å². The molecule has 0 unspecified atom stereocenters. The first-order valence-electron chi connectivity index (χ1n) is 8.44. The number of nitrogens with zero attached hydrogens (tertiary/aromatic N) is 1. The van der Waals surface area contributed by atoms with Crippen LogP contribution in [-0.2, 0) is 6.42 Å². The highest BCUT2D eigenvalue weighted by Crippen LogP contribution is 2.22. The van der Waals surface area contributed by atoms with Gasteiger partial charge >= 0.3 is 6.03 Å². The predicted octanol–water partition coefficient (Wildman–Crippen LogP) is 5.71. The molecule has 26 heavy (non-hydrogen) atoms. The van der Waals surface area contributed by atoms with E-state index in [2.05, 4.69) is 41.5 Å². The number of aryl methyl sites for hydroxylation is 1. The second kappa shape index (κ2) is 8.21. The summed E-state index contributed by atoms with van der Waals surface area (Å²) in [5.74, 6) is -0.323. The van der Waals surface area contributed by atoms with Crippen LogP contribution in [0.4, 0.5) is 14.9 Å². The lowest BCUT2D eigenvalue weighted by molar-refractivity contribution is 0.259. The summed E-state index contributed by atoms with van der Waals surface area (Å²) in [6, 6.07) is 21.3. The third-order valence-corrected chi connectivity index (χ3v) is 4.03. The summed E-state index contributed by atoms with van der Waals surface area (Å²) in [4.78, 5) is 15.7. The highest BCUT2D eigenvalue weighted by Gasteiger charge is 2.02. The zero-order valence-electron chi connectivity index (χ0n) is 14.4. The van der Waals surface area contributed by atoms with E-state index in [1.807, 2.05) is 24.3 Å². The SMILES string of the molecule is CCc1ccc(-c2ccc(NC(=O)N=Cc3ccc(F)cc3)cc2)cc1. The van der Waals surface area contributed by atoms with E-state index in [4.69, 9.17) is 0 Å². The number of aliphatic imine (C=N–C) groups is 1. The number of hydrogen-bond donors (Lipinski definition) is 1. The lowest BCUT2D eigenvalue weighted by atomic mass is 10.0. The fraction of sp³-hybridized carbons (Fsp3) is 0.0909. The molecule has 0 bridgehead atoms. The quantitative estimate of drug-likeness (QED) is 0.604. The first kappa shape index (κ1) is 17.5. The van der Waals surface area contributed by atoms with Crippen LogP contribution in [0.25, 0.3) is 11.1 Å². The normalized spacial score (nSPS) is 10.8. The van der Waals surface area contributed by atoms with Crippen LogP contribution in [0.1, 0.15) is 18.1 Å². The van der Waals surface area contributed by atoms with Gasteiger partial charge in [0, 0.05) is 11.9 Å². The van der Waals surface area contributed by atoms with E-state index in [9.17, 15) is 9.18 Å². The first-order chi connectivity index (χ1) is 12.6. The van der Waals surface area contributed by atoms with Crippen molar-refractivity contribution in [1.29, 1.82) is 0 Å². The van der Waals surface area contributed by atoms with E-state index in [0.29, 0.717) is 11.3 Å². The molecule has 4 heteroatoms. The maximum atomic E-state index is 12.8. The molecule has 0 aliphatic carbocycles. The summed E-state index contributed by atoms with van der Waals surface area (Å²) in [6.45, 7) is 2.13. The molecule has 1 N–H and O–H groups in total. The fourth-order valence-electron chi connectivity index (χ4n) is 2.52. The monoisotopic (exact) mass is 346 g/mol. The Bertz CT molecular complexity index is 898. The van der Waals surface area contributed by atoms with Crippen molar-refractivity contribution in [3.8, 4) is 11.1 Å². The van der Waals surface area contributed by atoms with Crippen LogP contribution in [0.3, 0.4) is 0 Å². The summed E-state index contributed by atoms with van der Waals surface area (Å²) in [5.41, 5.74) is 4.85. The van der Waals surface area contributed by atoms with Gasteiger partial charge in [-0.2, -0.15) is 0 Å². The molecular formula is C22H19FN2O. The molecule has 3 nitrogen and oxygen atoms in total. The second-order valence-corrected chi connectivity index (χ2v) is 5.87. The third kappa shape index (κ3) is 4.63. The number of urea groups is 1. The molecule has 0 saturated carbocycles. The molecule has 0 aromatic heterocycles. The Kier molecular flexibility index (Phi) is 5.54. The van der Waals surface area contributed by atoms with Gasteiger partial charge in [0.2, 0.25) is 0 Å². The molecule has 0 heterocycles. The summed E-state index contributed by atoms with van der Waals surface area (Å²) in [7, 11) is 0. The van der Waals surface area contributed by atoms with Gasteiger partial charge in [-0.05, 0) is 52.9 Å². The molecule has 0 atom stereocenters. The number of hydrogen-bond acceptors (Lipinski definition) is 1. The van der Waals surface area contributed by atoms with Crippen LogP contribution in [-0.4, -0.2) is 12.2 Å². The second-order valence-electron chi connectivity index (χ2n) is 5.87. The summed E-state index contributed by atoms with van der Waals surface area (Å²) in [6.07, 6.45) is 2.42. The molecule has 3 rings (SSSR count). The molecular weight excluding hydrogens is 327 g/mol. The topological polar surface area (TPSA) is 41.5 Å². The predicted molar refractivity (Wildman–Crippen MR) is 104 cm³/mol. The number of benzene rings is 3. The molecule has 0 spiro atoms. The number of halogens is 1. The molecule has 0 aliphatic rings. The van der Waals surface area contributed by atoms with Crippen molar-refractivity contribution < 1.29 is 9.18 Å². The van der Waals surface area contributed by atoms with Gasteiger partial charge in [0.15, 0.2) is 0 Å². The van der Waals surface area contributed by atoms with Crippen molar-refractivity contribution in [2.24, 2.45) is 4.99 Å². The van der Waals surface area contributed by atoms with Crippen LogP contribution < -0.4 is 5.32 Å². The van der Waals surface area contributed by atoms with E-state index in [1.54, 1.807) is 12.1 Å². The Morgan fingerprint density at radius 1 is 0.923 bits per heavy atom. The minimum atomic E-state index is -0.477. The number of anilines is 1. The first-order valence-corrected chi connectivity index (χ1v) is 8.44. The van der Waals surface area contributed by atoms with Gasteiger partial charge in [-0.25, -0.2) is 14.2 Å². The van der Waals surface area contributed by atoms with Crippen molar-refractivity contribution in [3.05, 3.63) is 89.7 Å². The van der Waals surface area contributed by atoms with Crippen molar-refractivity contribution in [1.82, 2.24) is 0 Å². The Morgan fingerprint density at radius 2 is 1.50 bits per heavy atom. The van der Waals surface area contributed by atoms with Gasteiger partial charge in [-0.3, -0.25) is 0 Å². The zero-order chi connectivity index (χ0) is 18.4. The zero-order valence-corrected chi connectivity index (χ0v) is 14.4. The molecule has 3 aromatic rings. The van der Waals surface area contributed by atoms with Crippen LogP contribution in [0.2, 0.25) is 0 Å². The number of rotatable bonds is 4. The van der Waals surface area contributed by atoms with Crippen molar-refractivity contribution >= 4 is 17.9 Å². The van der Waals surface area contributed by atoms with Gasteiger partial charge in [0.25, 0.3) is 0 Å². The number of carbonyl (C=O) groups excluding carboxylic acids is 1. The fourth-order valence-corrected chi connectivity index (χ4v) is 2.52. The van der Waals surface area contributed by atoms with Crippen LogP contribution >= 0.6 is 0 Å². The number of nitrogens with one attached hydrogen (secondary N) is 1. The van der Waals surface area contributed by atoms with Gasteiger partial charge in [0.1, 0.15) is 5.82 Å². The van der Waals surface area contributed by atoms with Gasteiger partial charge in [0.05, 0.1) is 0 Å². The Hall–Kier alpha value is -3.27. The molecule has 0 saturated heterocycles. The summed E-state index contributed by atoms with van der Waals surface area (Å²) in [5, 5.41) is 2.71. The maximum absolute atomic E-state index is 12.8. The molecule has 2 amide bonds. The van der Waals surface area contributed by atoms with E-state index in [0.717, 1.165) is 17.5 Å². The van der Waals surface area contributed by atoms with E-state index >= 15 is 0 Å². The van der Waals surface area contributed by atoms with Crippen molar-refractivity contribution in [3.63, 3.8) is 0 Å². The highest BCUT2D eigenvalue weighted by molar-refractivity contribution is 5.98. The van der Waals surface area contributed by atoms with Crippen LogP contribution in [0, 0.1) is 5.82 Å².